The highest BCUT2D eigenvalue weighted by Gasteiger charge is 2.28. The van der Waals surface area contributed by atoms with E-state index in [0.717, 1.165) is 56.0 Å². The first-order chi connectivity index (χ1) is 11.8. The van der Waals surface area contributed by atoms with Gasteiger partial charge in [0.1, 0.15) is 0 Å². The van der Waals surface area contributed by atoms with Crippen molar-refractivity contribution in [3.05, 3.63) is 42.2 Å². The van der Waals surface area contributed by atoms with Gasteiger partial charge in [-0.2, -0.15) is 5.10 Å². The molecule has 1 aromatic heterocycles. The number of carbonyl (C=O) groups excluding carboxylic acids is 1. The lowest BCUT2D eigenvalue weighted by atomic mass is 10.1. The highest BCUT2D eigenvalue weighted by molar-refractivity contribution is 5.94. The monoisotopic (exact) mass is 325 g/mol. The number of hydrogen-bond donors (Lipinski definition) is 2. The molecule has 2 N–H and O–H groups in total. The summed E-state index contributed by atoms with van der Waals surface area (Å²) in [6, 6.07) is 8.45. The maximum atomic E-state index is 12.7. The van der Waals surface area contributed by atoms with Gasteiger partial charge in [-0.25, -0.2) is 0 Å². The molecule has 2 fully saturated rings. The van der Waals surface area contributed by atoms with E-state index in [1.165, 1.54) is 6.42 Å². The zero-order valence-corrected chi connectivity index (χ0v) is 13.7. The van der Waals surface area contributed by atoms with Crippen molar-refractivity contribution in [3.63, 3.8) is 0 Å². The minimum atomic E-state index is 0.137. The number of hydrogen-bond acceptors (Lipinski definition) is 4. The molecule has 0 saturated carbocycles. The lowest BCUT2D eigenvalue weighted by Crippen LogP contribution is -2.52. The summed E-state index contributed by atoms with van der Waals surface area (Å²) in [4.78, 5) is 17.2. The van der Waals surface area contributed by atoms with Gasteiger partial charge in [0.15, 0.2) is 0 Å². The minimum Gasteiger partial charge on any atom is -0.336 e. The average molecular weight is 325 g/mol. The Morgan fingerprint density at radius 1 is 1.08 bits per heavy atom. The molecule has 2 saturated heterocycles. The fraction of sp³-hybridized carbons (Fsp3) is 0.444. The van der Waals surface area contributed by atoms with Crippen molar-refractivity contribution >= 4 is 5.91 Å². The van der Waals surface area contributed by atoms with Gasteiger partial charge in [-0.05, 0) is 30.7 Å². The highest BCUT2D eigenvalue weighted by Crippen LogP contribution is 2.19. The van der Waals surface area contributed by atoms with Crippen LogP contribution in [0.25, 0.3) is 11.1 Å². The van der Waals surface area contributed by atoms with E-state index in [2.05, 4.69) is 20.4 Å². The summed E-state index contributed by atoms with van der Waals surface area (Å²) in [5, 5.41) is 10.2. The van der Waals surface area contributed by atoms with Crippen molar-refractivity contribution in [1.29, 1.82) is 0 Å². The number of carbonyl (C=O) groups is 1. The second-order valence-corrected chi connectivity index (χ2v) is 6.54. The van der Waals surface area contributed by atoms with Gasteiger partial charge in [0.05, 0.1) is 6.20 Å². The Morgan fingerprint density at radius 2 is 1.88 bits per heavy atom. The maximum Gasteiger partial charge on any atom is 0.253 e. The van der Waals surface area contributed by atoms with Crippen LogP contribution >= 0.6 is 0 Å². The number of nitrogens with one attached hydrogen (secondary N) is 2. The van der Waals surface area contributed by atoms with E-state index >= 15 is 0 Å². The first kappa shape index (κ1) is 15.4. The quantitative estimate of drug-likeness (QED) is 0.890. The van der Waals surface area contributed by atoms with Crippen molar-refractivity contribution in [2.45, 2.75) is 12.5 Å². The van der Waals surface area contributed by atoms with Gasteiger partial charge in [-0.1, -0.05) is 12.1 Å². The van der Waals surface area contributed by atoms with Crippen LogP contribution in [0.4, 0.5) is 0 Å². The number of aromatic nitrogens is 2. The smallest absolute Gasteiger partial charge is 0.253 e. The summed E-state index contributed by atoms with van der Waals surface area (Å²) in [5.41, 5.74) is 2.87. The molecule has 0 aliphatic carbocycles. The van der Waals surface area contributed by atoms with Crippen molar-refractivity contribution in [2.24, 2.45) is 0 Å². The average Bonchev–Trinajstić information content (AvgIpc) is 3.35. The maximum absolute atomic E-state index is 12.7. The van der Waals surface area contributed by atoms with Gasteiger partial charge in [0.2, 0.25) is 0 Å². The Balaban J connectivity index is 1.37. The molecule has 0 radical (unpaired) electrons. The van der Waals surface area contributed by atoms with Crippen LogP contribution < -0.4 is 5.32 Å². The molecule has 3 heterocycles. The summed E-state index contributed by atoms with van der Waals surface area (Å²) in [7, 11) is 0. The Morgan fingerprint density at radius 3 is 2.50 bits per heavy atom. The van der Waals surface area contributed by atoms with Crippen LogP contribution in [-0.4, -0.2) is 71.2 Å². The number of benzene rings is 1. The summed E-state index contributed by atoms with van der Waals surface area (Å²) in [5.74, 6) is 0.137. The summed E-state index contributed by atoms with van der Waals surface area (Å²) >= 11 is 0. The molecule has 126 valence electrons. The van der Waals surface area contributed by atoms with Crippen LogP contribution in [0, 0.1) is 0 Å². The highest BCUT2D eigenvalue weighted by atomic mass is 16.2. The van der Waals surface area contributed by atoms with Crippen LogP contribution in [0.15, 0.2) is 36.7 Å². The molecule has 2 aliphatic heterocycles. The number of H-pyrrole nitrogens is 1. The van der Waals surface area contributed by atoms with Gasteiger partial charge < -0.3 is 10.2 Å². The SMILES string of the molecule is O=C(c1ccc(-c2cn[nH]c2)cc1)N1CCN(C2CCNC2)CC1. The second-order valence-electron chi connectivity index (χ2n) is 6.54. The van der Waals surface area contributed by atoms with E-state index in [9.17, 15) is 4.79 Å². The molecule has 6 nitrogen and oxygen atoms in total. The molecule has 2 aromatic rings. The van der Waals surface area contributed by atoms with Crippen molar-refractivity contribution in [2.75, 3.05) is 39.3 Å². The van der Waals surface area contributed by atoms with E-state index in [4.69, 9.17) is 0 Å². The van der Waals surface area contributed by atoms with E-state index in [1.54, 1.807) is 6.20 Å². The Labute approximate surface area is 141 Å². The van der Waals surface area contributed by atoms with Crippen LogP contribution in [0.2, 0.25) is 0 Å². The lowest BCUT2D eigenvalue weighted by Gasteiger charge is -2.37. The third kappa shape index (κ3) is 3.07. The Kier molecular flexibility index (Phi) is 4.32. The van der Waals surface area contributed by atoms with Crippen LogP contribution in [0.3, 0.4) is 0 Å². The van der Waals surface area contributed by atoms with Crippen molar-refractivity contribution in [1.82, 2.24) is 25.3 Å². The van der Waals surface area contributed by atoms with E-state index in [1.807, 2.05) is 35.4 Å². The molecular weight excluding hydrogens is 302 g/mol. The zero-order valence-electron chi connectivity index (χ0n) is 13.7. The fourth-order valence-corrected chi connectivity index (χ4v) is 3.64. The summed E-state index contributed by atoms with van der Waals surface area (Å²) < 4.78 is 0. The standard InChI is InChI=1S/C18H23N5O/c24-18(15-3-1-14(2-4-15)16-11-20-21-12-16)23-9-7-22(8-10-23)17-5-6-19-13-17/h1-4,11-12,17,19H,5-10,13H2,(H,20,21). The van der Waals surface area contributed by atoms with Crippen molar-refractivity contribution < 1.29 is 4.79 Å². The fourth-order valence-electron chi connectivity index (χ4n) is 3.64. The first-order valence-electron chi connectivity index (χ1n) is 8.64. The third-order valence-electron chi connectivity index (χ3n) is 5.12. The molecule has 0 bridgehead atoms. The molecule has 6 heteroatoms. The summed E-state index contributed by atoms with van der Waals surface area (Å²) in [6.45, 7) is 5.80. The number of aromatic amines is 1. The molecule has 2 aliphatic rings. The molecule has 24 heavy (non-hydrogen) atoms. The molecule has 1 aromatic carbocycles. The van der Waals surface area contributed by atoms with Crippen LogP contribution in [0.1, 0.15) is 16.8 Å². The molecule has 0 spiro atoms. The van der Waals surface area contributed by atoms with Crippen molar-refractivity contribution in [3.8, 4) is 11.1 Å². The van der Waals surface area contributed by atoms with Crippen LogP contribution in [-0.2, 0) is 0 Å². The first-order valence-corrected chi connectivity index (χ1v) is 8.64. The van der Waals surface area contributed by atoms with E-state index in [0.29, 0.717) is 6.04 Å². The number of nitrogens with zero attached hydrogens (tertiary/aromatic N) is 3. The molecular formula is C18H23N5O. The molecule has 4 rings (SSSR count). The van der Waals surface area contributed by atoms with Gasteiger partial charge in [0, 0.05) is 56.1 Å². The largest absolute Gasteiger partial charge is 0.336 e. The second kappa shape index (κ2) is 6.75. The number of piperazine rings is 1. The van der Waals surface area contributed by atoms with E-state index < -0.39 is 0 Å². The Hall–Kier alpha value is -2.18. The van der Waals surface area contributed by atoms with Gasteiger partial charge >= 0.3 is 0 Å². The minimum absolute atomic E-state index is 0.137. The van der Waals surface area contributed by atoms with Gasteiger partial charge in [-0.3, -0.25) is 14.8 Å². The normalized spacial score (nSPS) is 22.0. The topological polar surface area (TPSA) is 64.3 Å². The number of amides is 1. The van der Waals surface area contributed by atoms with Gasteiger partial charge in [0.25, 0.3) is 5.91 Å². The predicted molar refractivity (Wildman–Crippen MR) is 92.8 cm³/mol. The molecule has 1 atom stereocenters. The lowest BCUT2D eigenvalue weighted by molar-refractivity contribution is 0.0584. The Bertz CT molecular complexity index is 668. The predicted octanol–water partition coefficient (Wildman–Crippen LogP) is 1.20. The van der Waals surface area contributed by atoms with E-state index in [-0.39, 0.29) is 5.91 Å². The van der Waals surface area contributed by atoms with Gasteiger partial charge in [-0.15, -0.1) is 0 Å². The third-order valence-corrected chi connectivity index (χ3v) is 5.12. The zero-order chi connectivity index (χ0) is 16.4. The van der Waals surface area contributed by atoms with Crippen LogP contribution in [0.5, 0.6) is 0 Å². The molecule has 1 amide bonds. The summed E-state index contributed by atoms with van der Waals surface area (Å²) in [6.07, 6.45) is 4.87. The number of rotatable bonds is 3. The molecule has 1 unspecified atom stereocenters.